The van der Waals surface area contributed by atoms with Crippen LogP contribution in [0, 0.1) is 12.9 Å². The Morgan fingerprint density at radius 2 is 1.92 bits per heavy atom. The quantitative estimate of drug-likeness (QED) is 0.476. The second-order valence-electron chi connectivity index (χ2n) is 9.71. The van der Waals surface area contributed by atoms with Crippen molar-refractivity contribution in [3.8, 4) is 0 Å². The van der Waals surface area contributed by atoms with Crippen LogP contribution in [0.5, 0.6) is 0 Å². The van der Waals surface area contributed by atoms with Crippen LogP contribution in [0.1, 0.15) is 60.2 Å². The number of pyridine rings is 2. The van der Waals surface area contributed by atoms with Crippen molar-refractivity contribution in [3.05, 3.63) is 99.0 Å². The van der Waals surface area contributed by atoms with Gasteiger partial charge in [0, 0.05) is 23.7 Å². The molecule has 1 aromatic carbocycles. The molecule has 9 heteroatoms. The number of nitrogens with one attached hydrogen (secondary N) is 2. The number of H-pyrrole nitrogens is 1. The van der Waals surface area contributed by atoms with Gasteiger partial charge in [-0.25, -0.2) is 9.37 Å². The number of hydrogen-bond acceptors (Lipinski definition) is 4. The molecule has 0 spiro atoms. The number of aryl methyl sites for hydroxylation is 1. The van der Waals surface area contributed by atoms with Gasteiger partial charge in [-0.2, -0.15) is 4.39 Å². The summed E-state index contributed by atoms with van der Waals surface area (Å²) in [6.07, 6.45) is -0.136. The number of aromatic amines is 1. The second-order valence-corrected chi connectivity index (χ2v) is 9.71. The zero-order valence-electron chi connectivity index (χ0n) is 21.0. The molecule has 1 fully saturated rings. The van der Waals surface area contributed by atoms with Crippen molar-refractivity contribution < 1.29 is 18.4 Å². The van der Waals surface area contributed by atoms with Crippen molar-refractivity contribution in [1.29, 1.82) is 0 Å². The molecule has 3 aromatic rings. The minimum absolute atomic E-state index is 0.0582. The molecule has 7 nitrogen and oxygen atoms in total. The number of halogens is 2. The van der Waals surface area contributed by atoms with Gasteiger partial charge in [-0.1, -0.05) is 50.2 Å². The minimum Gasteiger partial charge on any atom is -0.342 e. The number of rotatable bonds is 7. The molecule has 194 valence electrons. The molecule has 0 saturated carbocycles. The van der Waals surface area contributed by atoms with Crippen LogP contribution in [0.15, 0.2) is 59.5 Å². The standard InChI is InChI=1S/C28H30F2N4O3/c1-16(2)21-9-10-22(32-26(21)30)25(19-7-5-4-6-8-19)33-28(37)23-13-20(29)15-34(23)24(35)12-18-11-17(3)27(36)31-14-18/h4-11,14,16,20,23,25H,12-13,15H2,1-3H3,(H,31,36)(H,33,37)/t20-,23+,25+/m1/s1. The first-order valence-corrected chi connectivity index (χ1v) is 12.3. The molecule has 3 heterocycles. The molecule has 2 aromatic heterocycles. The van der Waals surface area contributed by atoms with Gasteiger partial charge in [0.25, 0.3) is 5.56 Å². The number of carbonyl (C=O) groups is 2. The van der Waals surface area contributed by atoms with E-state index in [1.54, 1.807) is 49.4 Å². The summed E-state index contributed by atoms with van der Waals surface area (Å²) in [5.74, 6) is -1.64. The topological polar surface area (TPSA) is 95.2 Å². The maximum Gasteiger partial charge on any atom is 0.250 e. The Balaban J connectivity index is 1.58. The highest BCUT2D eigenvalue weighted by Crippen LogP contribution is 2.27. The van der Waals surface area contributed by atoms with Crippen molar-refractivity contribution in [2.75, 3.05) is 6.54 Å². The summed E-state index contributed by atoms with van der Waals surface area (Å²) >= 11 is 0. The van der Waals surface area contributed by atoms with Crippen LogP contribution in [0.4, 0.5) is 8.78 Å². The zero-order valence-corrected chi connectivity index (χ0v) is 21.0. The zero-order chi connectivity index (χ0) is 26.7. The Hall–Kier alpha value is -3.88. The molecule has 1 saturated heterocycles. The number of benzene rings is 1. The molecule has 1 aliphatic heterocycles. The molecule has 0 unspecified atom stereocenters. The van der Waals surface area contributed by atoms with Crippen LogP contribution in [0.3, 0.4) is 0 Å². The molecule has 0 radical (unpaired) electrons. The van der Waals surface area contributed by atoms with E-state index in [1.807, 2.05) is 19.9 Å². The van der Waals surface area contributed by atoms with E-state index in [9.17, 15) is 23.2 Å². The van der Waals surface area contributed by atoms with E-state index in [4.69, 9.17) is 0 Å². The second kappa shape index (κ2) is 11.0. The van der Waals surface area contributed by atoms with E-state index in [-0.39, 0.29) is 30.9 Å². The van der Waals surface area contributed by atoms with Crippen LogP contribution >= 0.6 is 0 Å². The van der Waals surface area contributed by atoms with Crippen LogP contribution in [-0.4, -0.2) is 45.4 Å². The summed E-state index contributed by atoms with van der Waals surface area (Å²) in [5.41, 5.74) is 2.22. The fraction of sp³-hybridized carbons (Fsp3) is 0.357. The SMILES string of the molecule is Cc1cc(CC(=O)N2C[C@H](F)C[C@H]2C(=O)N[C@@H](c2ccccc2)c2ccc(C(C)C)c(F)n2)c[nH]c1=O. The lowest BCUT2D eigenvalue weighted by Gasteiger charge is -2.27. The number of likely N-dealkylation sites (tertiary alicyclic amines) is 1. The van der Waals surface area contributed by atoms with Gasteiger partial charge in [0.15, 0.2) is 0 Å². The van der Waals surface area contributed by atoms with Gasteiger partial charge >= 0.3 is 0 Å². The van der Waals surface area contributed by atoms with Crippen LogP contribution in [0.2, 0.25) is 0 Å². The number of nitrogens with zero attached hydrogens (tertiary/aromatic N) is 2. The van der Waals surface area contributed by atoms with E-state index < -0.39 is 36.0 Å². The summed E-state index contributed by atoms with van der Waals surface area (Å²) in [6, 6.07) is 12.1. The maximum absolute atomic E-state index is 14.7. The van der Waals surface area contributed by atoms with Gasteiger partial charge in [-0.15, -0.1) is 0 Å². The largest absolute Gasteiger partial charge is 0.342 e. The molecule has 37 heavy (non-hydrogen) atoms. The summed E-state index contributed by atoms with van der Waals surface area (Å²) in [7, 11) is 0. The number of alkyl halides is 1. The normalized spacial score (nSPS) is 18.2. The van der Waals surface area contributed by atoms with Crippen molar-refractivity contribution >= 4 is 11.8 Å². The molecule has 0 bridgehead atoms. The number of aromatic nitrogens is 2. The maximum atomic E-state index is 14.7. The van der Waals surface area contributed by atoms with E-state index >= 15 is 0 Å². The van der Waals surface area contributed by atoms with Gasteiger partial charge in [-0.3, -0.25) is 14.4 Å². The highest BCUT2D eigenvalue weighted by molar-refractivity contribution is 5.89. The van der Waals surface area contributed by atoms with Crippen LogP contribution in [-0.2, 0) is 16.0 Å². The van der Waals surface area contributed by atoms with E-state index in [0.717, 1.165) is 0 Å². The minimum atomic E-state index is -1.35. The fourth-order valence-electron chi connectivity index (χ4n) is 4.61. The lowest BCUT2D eigenvalue weighted by molar-refractivity contribution is -0.138. The number of amides is 2. The van der Waals surface area contributed by atoms with E-state index in [2.05, 4.69) is 15.3 Å². The predicted octanol–water partition coefficient (Wildman–Crippen LogP) is 3.73. The summed E-state index contributed by atoms with van der Waals surface area (Å²) in [6.45, 7) is 5.16. The first kappa shape index (κ1) is 26.2. The summed E-state index contributed by atoms with van der Waals surface area (Å²) in [4.78, 5) is 46.1. The molecular weight excluding hydrogens is 478 g/mol. The average molecular weight is 509 g/mol. The Morgan fingerprint density at radius 3 is 2.57 bits per heavy atom. The average Bonchev–Trinajstić information content (AvgIpc) is 3.27. The fourth-order valence-corrected chi connectivity index (χ4v) is 4.61. The lowest BCUT2D eigenvalue weighted by atomic mass is 9.99. The van der Waals surface area contributed by atoms with E-state index in [0.29, 0.717) is 27.9 Å². The number of hydrogen-bond donors (Lipinski definition) is 2. The first-order chi connectivity index (χ1) is 17.6. The van der Waals surface area contributed by atoms with Gasteiger partial charge in [0.2, 0.25) is 17.8 Å². The molecule has 0 aliphatic carbocycles. The van der Waals surface area contributed by atoms with Gasteiger partial charge < -0.3 is 15.2 Å². The Labute approximate surface area is 213 Å². The summed E-state index contributed by atoms with van der Waals surface area (Å²) < 4.78 is 29.2. The molecular formula is C28H30F2N4O3. The Bertz CT molecular complexity index is 1340. The smallest absolute Gasteiger partial charge is 0.250 e. The summed E-state index contributed by atoms with van der Waals surface area (Å²) in [5, 5.41) is 2.88. The van der Waals surface area contributed by atoms with E-state index in [1.165, 1.54) is 11.1 Å². The Kier molecular flexibility index (Phi) is 7.80. The lowest BCUT2D eigenvalue weighted by Crippen LogP contribution is -2.47. The monoisotopic (exact) mass is 508 g/mol. The Morgan fingerprint density at radius 1 is 1.19 bits per heavy atom. The number of carbonyl (C=O) groups excluding carboxylic acids is 2. The third kappa shape index (κ3) is 5.93. The van der Waals surface area contributed by atoms with Crippen molar-refractivity contribution in [1.82, 2.24) is 20.2 Å². The molecule has 2 amide bonds. The highest BCUT2D eigenvalue weighted by Gasteiger charge is 2.40. The molecule has 1 aliphatic rings. The highest BCUT2D eigenvalue weighted by atomic mass is 19.1. The van der Waals surface area contributed by atoms with Gasteiger partial charge in [-0.05, 0) is 36.1 Å². The third-order valence-electron chi connectivity index (χ3n) is 6.61. The van der Waals surface area contributed by atoms with Crippen LogP contribution in [0.25, 0.3) is 0 Å². The van der Waals surface area contributed by atoms with Gasteiger partial charge in [0.1, 0.15) is 12.2 Å². The van der Waals surface area contributed by atoms with Gasteiger partial charge in [0.05, 0.1) is 24.7 Å². The molecule has 3 atom stereocenters. The first-order valence-electron chi connectivity index (χ1n) is 12.3. The predicted molar refractivity (Wildman–Crippen MR) is 135 cm³/mol. The molecule has 2 N–H and O–H groups in total. The van der Waals surface area contributed by atoms with Crippen molar-refractivity contribution in [3.63, 3.8) is 0 Å². The van der Waals surface area contributed by atoms with Crippen LogP contribution < -0.4 is 10.9 Å². The van der Waals surface area contributed by atoms with Crippen molar-refractivity contribution in [2.45, 2.75) is 57.8 Å². The van der Waals surface area contributed by atoms with Crippen molar-refractivity contribution in [2.24, 2.45) is 0 Å². The third-order valence-corrected chi connectivity index (χ3v) is 6.61. The molecule has 4 rings (SSSR count).